The summed E-state index contributed by atoms with van der Waals surface area (Å²) in [6.45, 7) is 3.85. The second-order valence-electron chi connectivity index (χ2n) is 5.62. The van der Waals surface area contributed by atoms with Gasteiger partial charge in [0.1, 0.15) is 11.0 Å². The molecule has 0 aromatic carbocycles. The minimum absolute atomic E-state index is 0.0880. The lowest BCUT2D eigenvalue weighted by Gasteiger charge is -2.20. The lowest BCUT2D eigenvalue weighted by molar-refractivity contribution is 0.178. The van der Waals surface area contributed by atoms with Crippen LogP contribution in [0, 0.1) is 0 Å². The largest absolute Gasteiger partial charge is 0.462 e. The van der Waals surface area contributed by atoms with Crippen LogP contribution in [0.25, 0.3) is 11.5 Å². The number of hydrogen-bond donors (Lipinski definition) is 2. The monoisotopic (exact) mass is 393 g/mol. The molecule has 0 aliphatic rings. The lowest BCUT2D eigenvalue weighted by atomic mass is 10.1. The Kier molecular flexibility index (Phi) is 5.58. The molecule has 3 heterocycles. The van der Waals surface area contributed by atoms with E-state index in [9.17, 15) is 9.46 Å². The standard InChI is InChI=1S/C17H20N3O4PS/c1-3-12(11-5-8-19-9-6-11)24-25(21,22)13-7-10-23-16(13)15-14(4-2)26-17(18)20-15/h5-10,12H,3-4H2,1-2H3,(H2,18,20)(H,21,22). The minimum atomic E-state index is -4.15. The first-order chi connectivity index (χ1) is 12.5. The van der Waals surface area contributed by atoms with Gasteiger partial charge in [0.2, 0.25) is 0 Å². The summed E-state index contributed by atoms with van der Waals surface area (Å²) in [5.74, 6) is 0.227. The Labute approximate surface area is 155 Å². The molecule has 0 amide bonds. The summed E-state index contributed by atoms with van der Waals surface area (Å²) < 4.78 is 24.1. The Hall–Kier alpha value is -1.99. The number of aromatic nitrogens is 2. The van der Waals surface area contributed by atoms with Crippen LogP contribution in [0.1, 0.15) is 36.8 Å². The summed E-state index contributed by atoms with van der Waals surface area (Å²) >= 11 is 1.33. The highest BCUT2D eigenvalue weighted by atomic mass is 32.1. The van der Waals surface area contributed by atoms with Gasteiger partial charge < -0.3 is 15.0 Å². The quantitative estimate of drug-likeness (QED) is 0.585. The van der Waals surface area contributed by atoms with Gasteiger partial charge in [0.25, 0.3) is 0 Å². The third kappa shape index (κ3) is 3.73. The van der Waals surface area contributed by atoms with Gasteiger partial charge in [-0.05, 0) is 36.6 Å². The van der Waals surface area contributed by atoms with Crippen LogP contribution in [-0.4, -0.2) is 14.9 Å². The van der Waals surface area contributed by atoms with Gasteiger partial charge >= 0.3 is 7.60 Å². The van der Waals surface area contributed by atoms with Crippen molar-refractivity contribution in [3.05, 3.63) is 47.3 Å². The molecule has 0 spiro atoms. The van der Waals surface area contributed by atoms with Gasteiger partial charge in [0.15, 0.2) is 10.9 Å². The molecular formula is C17H20N3O4PS. The van der Waals surface area contributed by atoms with Crippen molar-refractivity contribution in [2.24, 2.45) is 0 Å². The normalized spacial score (nSPS) is 14.9. The summed E-state index contributed by atoms with van der Waals surface area (Å²) in [6, 6.07) is 4.98. The van der Waals surface area contributed by atoms with E-state index in [0.29, 0.717) is 23.7 Å². The molecule has 0 aliphatic carbocycles. The minimum Gasteiger partial charge on any atom is -0.462 e. The van der Waals surface area contributed by atoms with Crippen molar-refractivity contribution in [2.75, 3.05) is 5.73 Å². The summed E-state index contributed by atoms with van der Waals surface area (Å²) in [4.78, 5) is 19.8. The number of nitrogen functional groups attached to an aromatic ring is 1. The van der Waals surface area contributed by atoms with Crippen molar-refractivity contribution in [2.45, 2.75) is 32.8 Å². The molecule has 7 nitrogen and oxygen atoms in total. The number of anilines is 1. The van der Waals surface area contributed by atoms with Crippen molar-refractivity contribution in [3.8, 4) is 11.5 Å². The van der Waals surface area contributed by atoms with Crippen LogP contribution < -0.4 is 11.0 Å². The number of nitrogens with zero attached hydrogens (tertiary/aromatic N) is 2. The second kappa shape index (κ2) is 7.72. The van der Waals surface area contributed by atoms with Crippen molar-refractivity contribution < 1.29 is 18.4 Å². The molecule has 0 saturated heterocycles. The van der Waals surface area contributed by atoms with Crippen LogP contribution in [0.4, 0.5) is 5.13 Å². The van der Waals surface area contributed by atoms with E-state index >= 15 is 0 Å². The van der Waals surface area contributed by atoms with Gasteiger partial charge in [-0.3, -0.25) is 14.1 Å². The van der Waals surface area contributed by atoms with Crippen molar-refractivity contribution in [1.29, 1.82) is 0 Å². The lowest BCUT2D eigenvalue weighted by Crippen LogP contribution is -2.11. The maximum absolute atomic E-state index is 13.0. The number of nitrogens with two attached hydrogens (primary N) is 1. The fourth-order valence-corrected chi connectivity index (χ4v) is 4.83. The number of hydrogen-bond acceptors (Lipinski definition) is 7. The molecule has 26 heavy (non-hydrogen) atoms. The predicted molar refractivity (Wildman–Crippen MR) is 101 cm³/mol. The van der Waals surface area contributed by atoms with Gasteiger partial charge in [-0.1, -0.05) is 13.8 Å². The molecule has 2 atom stereocenters. The molecule has 3 aromatic rings. The van der Waals surface area contributed by atoms with Crippen LogP contribution in [-0.2, 0) is 15.5 Å². The van der Waals surface area contributed by atoms with E-state index < -0.39 is 13.7 Å². The van der Waals surface area contributed by atoms with Gasteiger partial charge in [-0.2, -0.15) is 0 Å². The summed E-state index contributed by atoms with van der Waals surface area (Å²) in [6.07, 6.45) is 5.29. The Morgan fingerprint density at radius 1 is 1.35 bits per heavy atom. The van der Waals surface area contributed by atoms with Crippen LogP contribution in [0.2, 0.25) is 0 Å². The highest BCUT2D eigenvalue weighted by Gasteiger charge is 2.34. The molecule has 0 fully saturated rings. The van der Waals surface area contributed by atoms with Crippen molar-refractivity contribution in [1.82, 2.24) is 9.97 Å². The van der Waals surface area contributed by atoms with E-state index in [2.05, 4.69) is 9.97 Å². The number of pyridine rings is 1. The first-order valence-electron chi connectivity index (χ1n) is 8.21. The van der Waals surface area contributed by atoms with E-state index in [1.165, 1.54) is 23.7 Å². The van der Waals surface area contributed by atoms with Crippen molar-refractivity contribution >= 4 is 29.4 Å². The van der Waals surface area contributed by atoms with E-state index in [1.54, 1.807) is 24.5 Å². The molecular weight excluding hydrogens is 373 g/mol. The molecule has 3 rings (SSSR count). The Balaban J connectivity index is 1.96. The van der Waals surface area contributed by atoms with E-state index in [-0.39, 0.29) is 11.1 Å². The first-order valence-corrected chi connectivity index (χ1v) is 10.6. The Morgan fingerprint density at radius 2 is 2.08 bits per heavy atom. The highest BCUT2D eigenvalue weighted by Crippen LogP contribution is 2.49. The van der Waals surface area contributed by atoms with Crippen LogP contribution >= 0.6 is 18.9 Å². The maximum atomic E-state index is 13.0. The first kappa shape index (κ1) is 18.8. The zero-order chi connectivity index (χ0) is 18.7. The Bertz CT molecular complexity index is 925. The number of aryl methyl sites for hydroxylation is 1. The molecule has 0 radical (unpaired) electrons. The van der Waals surface area contributed by atoms with Crippen LogP contribution in [0.5, 0.6) is 0 Å². The molecule has 0 saturated carbocycles. The van der Waals surface area contributed by atoms with Crippen LogP contribution in [0.15, 0.2) is 41.3 Å². The molecule has 0 bridgehead atoms. The zero-order valence-corrected chi connectivity index (χ0v) is 16.2. The van der Waals surface area contributed by atoms with E-state index in [1.807, 2.05) is 13.8 Å². The zero-order valence-electron chi connectivity index (χ0n) is 14.5. The summed E-state index contributed by atoms with van der Waals surface area (Å²) in [5, 5.41) is 0.473. The molecule has 0 aliphatic heterocycles. The molecule has 9 heteroatoms. The molecule has 2 unspecified atom stereocenters. The predicted octanol–water partition coefficient (Wildman–Crippen LogP) is 3.92. The fraction of sp³-hybridized carbons (Fsp3) is 0.294. The van der Waals surface area contributed by atoms with E-state index in [4.69, 9.17) is 14.7 Å². The average molecular weight is 393 g/mol. The van der Waals surface area contributed by atoms with Gasteiger partial charge in [-0.25, -0.2) is 4.98 Å². The smallest absolute Gasteiger partial charge is 0.363 e. The van der Waals surface area contributed by atoms with Gasteiger partial charge in [0, 0.05) is 17.3 Å². The van der Waals surface area contributed by atoms with Gasteiger partial charge in [0.05, 0.1) is 12.4 Å². The summed E-state index contributed by atoms with van der Waals surface area (Å²) in [7, 11) is -4.15. The third-order valence-corrected chi connectivity index (χ3v) is 6.45. The third-order valence-electron chi connectivity index (χ3n) is 3.92. The second-order valence-corrected chi connectivity index (χ2v) is 8.46. The molecule has 3 N–H and O–H groups in total. The number of furan rings is 1. The number of rotatable bonds is 7. The van der Waals surface area contributed by atoms with Crippen LogP contribution in [0.3, 0.4) is 0 Å². The molecule has 3 aromatic heterocycles. The SMILES string of the molecule is CCc1sc(N)nc1-c1occc1P(=O)(O)OC(CC)c1ccncc1. The number of thiazole rings is 1. The topological polar surface area (TPSA) is 111 Å². The molecule has 138 valence electrons. The maximum Gasteiger partial charge on any atom is 0.363 e. The highest BCUT2D eigenvalue weighted by molar-refractivity contribution is 7.61. The Morgan fingerprint density at radius 3 is 2.73 bits per heavy atom. The fourth-order valence-electron chi connectivity index (χ4n) is 2.67. The van der Waals surface area contributed by atoms with Gasteiger partial charge in [-0.15, -0.1) is 11.3 Å². The van der Waals surface area contributed by atoms with Crippen molar-refractivity contribution in [3.63, 3.8) is 0 Å². The summed E-state index contributed by atoms with van der Waals surface area (Å²) in [5.41, 5.74) is 7.07. The van der Waals surface area contributed by atoms with E-state index in [0.717, 1.165) is 10.4 Å². The average Bonchev–Trinajstić information content (AvgIpc) is 3.26.